The summed E-state index contributed by atoms with van der Waals surface area (Å²) >= 11 is 0. The monoisotopic (exact) mass is 315 g/mol. The molecule has 23 heavy (non-hydrogen) atoms. The van der Waals surface area contributed by atoms with E-state index in [1.807, 2.05) is 23.4 Å². The van der Waals surface area contributed by atoms with Crippen LogP contribution < -0.4 is 5.56 Å². The summed E-state index contributed by atoms with van der Waals surface area (Å²) in [6, 6.07) is 3.18. The maximum atomic E-state index is 12.7. The van der Waals surface area contributed by atoms with Crippen molar-refractivity contribution in [3.8, 4) is 0 Å². The van der Waals surface area contributed by atoms with Crippen molar-refractivity contribution in [2.24, 2.45) is 7.05 Å². The van der Waals surface area contributed by atoms with E-state index in [4.69, 9.17) is 0 Å². The number of rotatable bonds is 2. The number of hydrogen-bond donors (Lipinski definition) is 0. The highest BCUT2D eigenvalue weighted by molar-refractivity contribution is 5.94. The number of hydrogen-bond acceptors (Lipinski definition) is 4. The summed E-state index contributed by atoms with van der Waals surface area (Å²) in [7, 11) is 1.65. The molecule has 2 aromatic rings. The fraction of sp³-hybridized carbons (Fsp3) is 0.500. The number of pyridine rings is 1. The molecule has 0 saturated carbocycles. The molecule has 0 spiro atoms. The molecule has 0 unspecified atom stereocenters. The molecule has 0 bridgehead atoms. The topological polar surface area (TPSA) is 73.0 Å². The van der Waals surface area contributed by atoms with Crippen LogP contribution in [0, 0.1) is 13.8 Å². The Morgan fingerprint density at radius 3 is 2.74 bits per heavy atom. The number of aryl methyl sites for hydroxylation is 3. The number of aromatic nitrogens is 4. The fourth-order valence-electron chi connectivity index (χ4n) is 3.12. The molecule has 1 fully saturated rings. The summed E-state index contributed by atoms with van der Waals surface area (Å²) in [5.74, 6) is 1.59. The van der Waals surface area contributed by atoms with Crippen molar-refractivity contribution < 1.29 is 4.79 Å². The van der Waals surface area contributed by atoms with Crippen LogP contribution in [0.25, 0.3) is 0 Å². The van der Waals surface area contributed by atoms with Gasteiger partial charge < -0.3 is 9.47 Å². The Morgan fingerprint density at radius 1 is 1.30 bits per heavy atom. The third kappa shape index (κ3) is 3.04. The summed E-state index contributed by atoms with van der Waals surface area (Å²) in [5, 5.41) is 4.45. The molecular formula is C16H21N5O2. The van der Waals surface area contributed by atoms with Crippen molar-refractivity contribution >= 4 is 5.91 Å². The van der Waals surface area contributed by atoms with Gasteiger partial charge in [0.25, 0.3) is 5.91 Å². The predicted octanol–water partition coefficient (Wildman–Crippen LogP) is 1.07. The van der Waals surface area contributed by atoms with Crippen LogP contribution in [0.5, 0.6) is 0 Å². The zero-order valence-corrected chi connectivity index (χ0v) is 13.7. The van der Waals surface area contributed by atoms with Gasteiger partial charge >= 0.3 is 0 Å². The average Bonchev–Trinajstić information content (AvgIpc) is 2.88. The van der Waals surface area contributed by atoms with Gasteiger partial charge in [0, 0.05) is 32.4 Å². The van der Waals surface area contributed by atoms with Gasteiger partial charge in [0.15, 0.2) is 0 Å². The average molecular weight is 315 g/mol. The molecule has 0 radical (unpaired) electrons. The van der Waals surface area contributed by atoms with E-state index in [1.165, 1.54) is 10.6 Å². The van der Waals surface area contributed by atoms with E-state index in [-0.39, 0.29) is 17.5 Å². The van der Waals surface area contributed by atoms with Gasteiger partial charge in [-0.25, -0.2) is 9.67 Å². The highest BCUT2D eigenvalue weighted by Gasteiger charge is 2.27. The Balaban J connectivity index is 1.80. The van der Waals surface area contributed by atoms with Crippen LogP contribution in [-0.2, 0) is 7.05 Å². The summed E-state index contributed by atoms with van der Waals surface area (Å²) in [6.45, 7) is 5.16. The van der Waals surface area contributed by atoms with Gasteiger partial charge in [0.1, 0.15) is 11.6 Å². The summed E-state index contributed by atoms with van der Waals surface area (Å²) in [4.78, 5) is 30.3. The largest absolute Gasteiger partial charge is 0.336 e. The van der Waals surface area contributed by atoms with Crippen LogP contribution in [0.2, 0.25) is 0 Å². The van der Waals surface area contributed by atoms with Crippen LogP contribution in [-0.4, -0.2) is 43.2 Å². The molecule has 122 valence electrons. The minimum atomic E-state index is -0.119. The second-order valence-corrected chi connectivity index (χ2v) is 6.06. The van der Waals surface area contributed by atoms with E-state index >= 15 is 0 Å². The lowest BCUT2D eigenvalue weighted by Gasteiger charge is -2.33. The second kappa shape index (κ2) is 5.98. The summed E-state index contributed by atoms with van der Waals surface area (Å²) in [6.07, 6.45) is 3.51. The minimum Gasteiger partial charge on any atom is -0.336 e. The van der Waals surface area contributed by atoms with E-state index in [0.29, 0.717) is 12.1 Å². The third-order valence-corrected chi connectivity index (χ3v) is 4.27. The molecule has 1 saturated heterocycles. The van der Waals surface area contributed by atoms with Crippen LogP contribution in [0.3, 0.4) is 0 Å². The number of nitrogens with zero attached hydrogens (tertiary/aromatic N) is 5. The molecule has 0 N–H and O–H groups in total. The predicted molar refractivity (Wildman–Crippen MR) is 85.4 cm³/mol. The van der Waals surface area contributed by atoms with Crippen molar-refractivity contribution in [2.45, 2.75) is 32.7 Å². The molecule has 7 heteroatoms. The van der Waals surface area contributed by atoms with Gasteiger partial charge in [-0.15, -0.1) is 0 Å². The van der Waals surface area contributed by atoms with Crippen molar-refractivity contribution in [1.82, 2.24) is 24.2 Å². The lowest BCUT2D eigenvalue weighted by Crippen LogP contribution is -2.41. The van der Waals surface area contributed by atoms with Gasteiger partial charge in [0.05, 0.1) is 11.6 Å². The normalized spacial score (nSPS) is 18.2. The molecule has 3 rings (SSSR count). The number of likely N-dealkylation sites (tertiary alicyclic amines) is 1. The van der Waals surface area contributed by atoms with Gasteiger partial charge in [-0.2, -0.15) is 5.10 Å². The fourth-order valence-corrected chi connectivity index (χ4v) is 3.12. The summed E-state index contributed by atoms with van der Waals surface area (Å²) in [5.41, 5.74) is 0.422. The molecular weight excluding hydrogens is 294 g/mol. The van der Waals surface area contributed by atoms with E-state index in [2.05, 4.69) is 10.1 Å². The van der Waals surface area contributed by atoms with E-state index in [0.717, 1.165) is 31.0 Å². The lowest BCUT2D eigenvalue weighted by atomic mass is 10.0. The van der Waals surface area contributed by atoms with Crippen LogP contribution in [0.4, 0.5) is 0 Å². The van der Waals surface area contributed by atoms with E-state index < -0.39 is 0 Å². The minimum absolute atomic E-state index is 0.0419. The smallest absolute Gasteiger partial charge is 0.255 e. The maximum Gasteiger partial charge on any atom is 0.255 e. The van der Waals surface area contributed by atoms with E-state index in [9.17, 15) is 9.59 Å². The summed E-state index contributed by atoms with van der Waals surface area (Å²) < 4.78 is 3.36. The van der Waals surface area contributed by atoms with E-state index in [1.54, 1.807) is 19.3 Å². The van der Waals surface area contributed by atoms with Crippen LogP contribution in [0.15, 0.2) is 23.1 Å². The number of carbonyl (C=O) groups is 1. The zero-order chi connectivity index (χ0) is 16.6. The molecule has 0 aliphatic carbocycles. The highest BCUT2D eigenvalue weighted by Crippen LogP contribution is 2.23. The van der Waals surface area contributed by atoms with Crippen LogP contribution in [0.1, 0.15) is 40.9 Å². The molecule has 1 aliphatic rings. The van der Waals surface area contributed by atoms with Gasteiger partial charge in [-0.1, -0.05) is 0 Å². The molecule has 3 heterocycles. The Hall–Kier alpha value is -2.44. The number of amides is 1. The zero-order valence-electron chi connectivity index (χ0n) is 13.7. The Bertz CT molecular complexity index is 792. The van der Waals surface area contributed by atoms with Crippen molar-refractivity contribution in [1.29, 1.82) is 0 Å². The van der Waals surface area contributed by atoms with Crippen molar-refractivity contribution in [3.05, 3.63) is 45.9 Å². The van der Waals surface area contributed by atoms with Gasteiger partial charge in [-0.3, -0.25) is 9.59 Å². The molecule has 1 amide bonds. The number of piperidine rings is 1. The van der Waals surface area contributed by atoms with Gasteiger partial charge in [-0.05, 0) is 32.8 Å². The molecule has 2 aromatic heterocycles. The Kier molecular flexibility index (Phi) is 4.02. The molecule has 0 aromatic carbocycles. The first-order valence-corrected chi connectivity index (χ1v) is 7.81. The number of carbonyl (C=O) groups excluding carboxylic acids is 1. The third-order valence-electron chi connectivity index (χ3n) is 4.27. The Morgan fingerprint density at radius 2 is 2.09 bits per heavy atom. The maximum absolute atomic E-state index is 12.7. The van der Waals surface area contributed by atoms with Gasteiger partial charge in [0.2, 0.25) is 5.56 Å². The first-order valence-electron chi connectivity index (χ1n) is 7.81. The first-order chi connectivity index (χ1) is 11.0. The standard InChI is InChI=1S/C16H21N5O2/c1-11-17-12(2)21(18-11)14-5-4-8-20(10-14)16(23)13-6-7-15(22)19(3)9-13/h6-7,9,14H,4-5,8,10H2,1-3H3/t14-/m0/s1. The highest BCUT2D eigenvalue weighted by atomic mass is 16.2. The van der Waals surface area contributed by atoms with Crippen LogP contribution >= 0.6 is 0 Å². The Labute approximate surface area is 134 Å². The molecule has 1 aliphatic heterocycles. The van der Waals surface area contributed by atoms with Crippen molar-refractivity contribution in [2.75, 3.05) is 13.1 Å². The quantitative estimate of drug-likeness (QED) is 0.831. The molecule has 7 nitrogen and oxygen atoms in total. The van der Waals surface area contributed by atoms with Crippen molar-refractivity contribution in [3.63, 3.8) is 0 Å². The SMILES string of the molecule is Cc1nc(C)n([C@H]2CCCN(C(=O)c3ccc(=O)n(C)c3)C2)n1. The molecule has 1 atom stereocenters. The second-order valence-electron chi connectivity index (χ2n) is 6.06. The lowest BCUT2D eigenvalue weighted by molar-refractivity contribution is 0.0670. The first kappa shape index (κ1) is 15.5.